The van der Waals surface area contributed by atoms with E-state index >= 15 is 0 Å². The molecule has 3 rings (SSSR count). The number of carbonyl (C=O) groups excluding carboxylic acids is 2. The summed E-state index contributed by atoms with van der Waals surface area (Å²) >= 11 is 11.9. The molecule has 0 radical (unpaired) electrons. The summed E-state index contributed by atoms with van der Waals surface area (Å²) < 4.78 is 4.11. The number of methoxy groups -OCH3 is 1. The van der Waals surface area contributed by atoms with E-state index in [-0.39, 0.29) is 23.6 Å². The summed E-state index contributed by atoms with van der Waals surface area (Å²) in [6.07, 6.45) is 12.6. The zero-order valence-corrected chi connectivity index (χ0v) is 28.4. The Morgan fingerprint density at radius 3 is 1.76 bits per heavy atom. The number of unbranched alkanes of at least 4 members (excludes halogenated alkanes) is 1. The molecule has 232 valence electrons. The van der Waals surface area contributed by atoms with E-state index < -0.39 is 0 Å². The zero-order valence-electron chi connectivity index (χ0n) is 26.9. The number of amides is 1. The van der Waals surface area contributed by atoms with Crippen LogP contribution in [0.1, 0.15) is 80.2 Å². The van der Waals surface area contributed by atoms with Gasteiger partial charge in [0.2, 0.25) is 0 Å². The molecular formula is C35H50Cl2N2O3. The fraction of sp³-hybridized carbons (Fsp3) is 0.400. The molecule has 7 heteroatoms. The molecule has 42 heavy (non-hydrogen) atoms. The molecule has 1 unspecified atom stereocenters. The van der Waals surface area contributed by atoms with Gasteiger partial charge in [-0.1, -0.05) is 124 Å². The minimum atomic E-state index is -0.300. The number of carbonyl (C=O) groups is 2. The second-order valence-electron chi connectivity index (χ2n) is 9.50. The van der Waals surface area contributed by atoms with E-state index in [9.17, 15) is 9.59 Å². The number of ether oxygens (including phenoxy) is 1. The van der Waals surface area contributed by atoms with Gasteiger partial charge in [0.25, 0.3) is 5.91 Å². The Morgan fingerprint density at radius 1 is 1.02 bits per heavy atom. The Morgan fingerprint density at radius 2 is 1.48 bits per heavy atom. The SMILES string of the molecule is C=C/C=C(\C=C/C)c1cc(Cl)cc(Cl)c1.CCC1(C)N=CC(=O)N1C(C)C.CCCC.COC(C)=O.c1ccccc1. The number of halogens is 2. The molecule has 0 saturated carbocycles. The monoisotopic (exact) mass is 616 g/mol. The topological polar surface area (TPSA) is 59.0 Å². The van der Waals surface area contributed by atoms with Gasteiger partial charge in [-0.2, -0.15) is 0 Å². The van der Waals surface area contributed by atoms with Crippen molar-refractivity contribution < 1.29 is 14.3 Å². The maximum absolute atomic E-state index is 11.4. The normalized spacial score (nSPS) is 15.3. The highest BCUT2D eigenvalue weighted by Gasteiger charge is 2.38. The summed E-state index contributed by atoms with van der Waals surface area (Å²) in [6, 6.07) is 17.7. The van der Waals surface area contributed by atoms with Gasteiger partial charge in [-0.05, 0) is 63.5 Å². The summed E-state index contributed by atoms with van der Waals surface area (Å²) in [6.45, 7) is 19.4. The Bertz CT molecular complexity index is 1080. The first-order valence-corrected chi connectivity index (χ1v) is 15.0. The minimum Gasteiger partial charge on any atom is -0.469 e. The lowest BCUT2D eigenvalue weighted by Gasteiger charge is -2.35. The summed E-state index contributed by atoms with van der Waals surface area (Å²) in [5.74, 6) is -0.209. The van der Waals surface area contributed by atoms with Crippen molar-refractivity contribution in [1.82, 2.24) is 4.90 Å². The lowest BCUT2D eigenvalue weighted by Crippen LogP contribution is -2.47. The Labute approximate surface area is 265 Å². The molecule has 1 heterocycles. The Balaban J connectivity index is 0. The third-order valence-corrected chi connectivity index (χ3v) is 6.13. The molecule has 0 bridgehead atoms. The number of esters is 1. The van der Waals surface area contributed by atoms with Crippen LogP contribution in [0.5, 0.6) is 0 Å². The van der Waals surface area contributed by atoms with E-state index in [2.05, 4.69) is 30.2 Å². The third kappa shape index (κ3) is 18.3. The van der Waals surface area contributed by atoms with Crippen molar-refractivity contribution in [3.05, 3.63) is 101 Å². The fourth-order valence-electron chi connectivity index (χ4n) is 3.29. The Kier molecular flexibility index (Phi) is 23.9. The molecule has 1 aliphatic rings. The second kappa shape index (κ2) is 24.4. The Hall–Kier alpha value is -3.15. The predicted octanol–water partition coefficient (Wildman–Crippen LogP) is 10.2. The van der Waals surface area contributed by atoms with Crippen LogP contribution >= 0.6 is 23.2 Å². The standard InChI is InChI=1S/C13H12Cl2.C9H16N2O.C6H6.C4H10.C3H6O2/c1-3-5-10(6-4-2)11-7-12(14)9-13(15)8-11;1-5-9(4)10-6-8(12)11(9)7(2)3;1-2-4-6-5-3-1;1-3-4-2;1-3(4)5-2/h3-9H,1H2,2H3;6-7H,5H2,1-4H3;1-6H;3-4H2,1-2H3;1-2H3/b6-4-,10-5+;;;;. The van der Waals surface area contributed by atoms with Crippen LogP contribution in [0.2, 0.25) is 10.0 Å². The van der Waals surface area contributed by atoms with E-state index in [1.807, 2.05) is 106 Å². The molecule has 1 aliphatic heterocycles. The number of hydrogen-bond acceptors (Lipinski definition) is 4. The fourth-order valence-corrected chi connectivity index (χ4v) is 3.81. The van der Waals surface area contributed by atoms with E-state index in [1.54, 1.807) is 12.1 Å². The first-order chi connectivity index (χ1) is 19.9. The van der Waals surface area contributed by atoms with Gasteiger partial charge >= 0.3 is 5.97 Å². The second-order valence-corrected chi connectivity index (χ2v) is 10.4. The lowest BCUT2D eigenvalue weighted by molar-refractivity contribution is -0.138. The van der Waals surface area contributed by atoms with Crippen molar-refractivity contribution in [3.63, 3.8) is 0 Å². The van der Waals surface area contributed by atoms with E-state index in [0.29, 0.717) is 10.0 Å². The lowest BCUT2D eigenvalue weighted by atomic mass is 10.1. The van der Waals surface area contributed by atoms with Gasteiger partial charge in [0, 0.05) is 23.0 Å². The summed E-state index contributed by atoms with van der Waals surface area (Å²) in [5.41, 5.74) is 1.73. The van der Waals surface area contributed by atoms with Crippen LogP contribution in [0, 0.1) is 0 Å². The first-order valence-electron chi connectivity index (χ1n) is 14.2. The number of nitrogens with zero attached hydrogens (tertiary/aromatic N) is 2. The number of rotatable bonds is 6. The van der Waals surface area contributed by atoms with E-state index in [1.165, 1.54) is 33.1 Å². The van der Waals surface area contributed by atoms with Crippen molar-refractivity contribution in [1.29, 1.82) is 0 Å². The van der Waals surface area contributed by atoms with Gasteiger partial charge in [0.1, 0.15) is 5.66 Å². The van der Waals surface area contributed by atoms with Gasteiger partial charge in [-0.3, -0.25) is 14.6 Å². The van der Waals surface area contributed by atoms with Crippen molar-refractivity contribution in [2.24, 2.45) is 4.99 Å². The predicted molar refractivity (Wildman–Crippen MR) is 183 cm³/mol. The van der Waals surface area contributed by atoms with Crippen LogP contribution < -0.4 is 0 Å². The molecule has 0 N–H and O–H groups in total. The molecule has 0 aliphatic carbocycles. The van der Waals surface area contributed by atoms with Gasteiger partial charge in [-0.15, -0.1) is 0 Å². The first kappa shape index (κ1) is 41.0. The quantitative estimate of drug-likeness (QED) is 0.239. The van der Waals surface area contributed by atoms with Crippen molar-refractivity contribution >= 4 is 46.9 Å². The smallest absolute Gasteiger partial charge is 0.302 e. The van der Waals surface area contributed by atoms with Crippen molar-refractivity contribution in [2.75, 3.05) is 7.11 Å². The van der Waals surface area contributed by atoms with Crippen LogP contribution in [0.15, 0.2) is 90.5 Å². The van der Waals surface area contributed by atoms with Crippen LogP contribution in [-0.4, -0.2) is 41.8 Å². The number of allylic oxidation sites excluding steroid dienone is 5. The molecule has 2 aromatic rings. The van der Waals surface area contributed by atoms with Crippen LogP contribution in [0.4, 0.5) is 0 Å². The zero-order chi connectivity index (χ0) is 32.6. The van der Waals surface area contributed by atoms with E-state index in [0.717, 1.165) is 17.6 Å². The summed E-state index contributed by atoms with van der Waals surface area (Å²) in [7, 11) is 1.35. The van der Waals surface area contributed by atoms with Crippen LogP contribution in [-0.2, 0) is 14.3 Å². The van der Waals surface area contributed by atoms with Gasteiger partial charge in [-0.25, -0.2) is 0 Å². The van der Waals surface area contributed by atoms with Crippen molar-refractivity contribution in [3.8, 4) is 0 Å². The molecule has 0 saturated heterocycles. The van der Waals surface area contributed by atoms with Crippen molar-refractivity contribution in [2.45, 2.75) is 86.4 Å². The van der Waals surface area contributed by atoms with Gasteiger partial charge < -0.3 is 9.64 Å². The molecule has 0 spiro atoms. The summed E-state index contributed by atoms with van der Waals surface area (Å²) in [5, 5.41) is 1.27. The molecule has 1 atom stereocenters. The average Bonchev–Trinajstić information content (AvgIpc) is 3.29. The minimum absolute atomic E-state index is 0.0364. The van der Waals surface area contributed by atoms with Crippen LogP contribution in [0.3, 0.4) is 0 Å². The number of benzene rings is 2. The molecule has 1 amide bonds. The highest BCUT2D eigenvalue weighted by Crippen LogP contribution is 2.27. The summed E-state index contributed by atoms with van der Waals surface area (Å²) in [4.78, 5) is 27.0. The number of hydrogen-bond donors (Lipinski definition) is 0. The molecular weight excluding hydrogens is 567 g/mol. The highest BCUT2D eigenvalue weighted by molar-refractivity contribution is 6.35. The maximum atomic E-state index is 11.4. The molecule has 5 nitrogen and oxygen atoms in total. The number of aliphatic imine (C=N–C) groups is 1. The molecule has 2 aromatic carbocycles. The molecule has 0 aromatic heterocycles. The highest BCUT2D eigenvalue weighted by atomic mass is 35.5. The average molecular weight is 618 g/mol. The van der Waals surface area contributed by atoms with Gasteiger partial charge in [0.15, 0.2) is 0 Å². The van der Waals surface area contributed by atoms with E-state index in [4.69, 9.17) is 23.2 Å². The van der Waals surface area contributed by atoms with Crippen LogP contribution in [0.25, 0.3) is 5.57 Å². The van der Waals surface area contributed by atoms with Gasteiger partial charge in [0.05, 0.1) is 13.3 Å². The maximum Gasteiger partial charge on any atom is 0.302 e. The third-order valence-electron chi connectivity index (χ3n) is 5.69. The molecule has 0 fully saturated rings. The largest absolute Gasteiger partial charge is 0.469 e.